The van der Waals surface area contributed by atoms with Crippen molar-refractivity contribution in [3.8, 4) is 10.6 Å². The largest absolute Gasteiger partial charge is 0.207 e. The van der Waals surface area contributed by atoms with Crippen molar-refractivity contribution in [3.05, 3.63) is 34.5 Å². The molecule has 0 bridgehead atoms. The molecule has 2 aromatic rings. The summed E-state index contributed by atoms with van der Waals surface area (Å²) in [6, 6.07) is 6.05. The summed E-state index contributed by atoms with van der Waals surface area (Å²) in [5.41, 5.74) is 0.825. The molecule has 13 heavy (non-hydrogen) atoms. The molecule has 0 atom stereocenters. The molecule has 0 fully saturated rings. The molecule has 0 radical (unpaired) electrons. The Morgan fingerprint density at radius 1 is 1.15 bits per heavy atom. The molecule has 0 saturated heterocycles. The Bertz CT molecular complexity index is 412. The van der Waals surface area contributed by atoms with Crippen LogP contribution in [0.1, 0.15) is 0 Å². The van der Waals surface area contributed by atoms with Crippen LogP contribution in [0.4, 0.5) is 4.39 Å². The lowest BCUT2D eigenvalue weighted by atomic mass is 10.2. The van der Waals surface area contributed by atoms with E-state index >= 15 is 0 Å². The minimum atomic E-state index is -0.264. The van der Waals surface area contributed by atoms with Crippen molar-refractivity contribution < 1.29 is 4.39 Å². The fourth-order valence-corrected chi connectivity index (χ4v) is 1.75. The van der Waals surface area contributed by atoms with Gasteiger partial charge in [-0.1, -0.05) is 11.3 Å². The van der Waals surface area contributed by atoms with E-state index in [4.69, 9.17) is 11.6 Å². The van der Waals surface area contributed by atoms with Crippen molar-refractivity contribution in [1.29, 1.82) is 0 Å². The zero-order valence-electron chi connectivity index (χ0n) is 6.37. The SMILES string of the molecule is Fc1ccc(-c2nnc(Cl)s2)cc1. The van der Waals surface area contributed by atoms with Crippen LogP contribution >= 0.6 is 22.9 Å². The summed E-state index contributed by atoms with van der Waals surface area (Å²) in [6.45, 7) is 0. The fourth-order valence-electron chi connectivity index (χ4n) is 0.914. The van der Waals surface area contributed by atoms with Crippen LogP contribution in [0.2, 0.25) is 4.47 Å². The maximum atomic E-state index is 12.5. The van der Waals surface area contributed by atoms with Gasteiger partial charge in [-0.3, -0.25) is 0 Å². The standard InChI is InChI=1S/C8H4ClFN2S/c9-8-12-11-7(13-8)5-1-3-6(10)4-2-5/h1-4H. The minimum Gasteiger partial charge on any atom is -0.207 e. The monoisotopic (exact) mass is 214 g/mol. The van der Waals surface area contributed by atoms with Crippen molar-refractivity contribution in [3.63, 3.8) is 0 Å². The summed E-state index contributed by atoms with van der Waals surface area (Å²) in [5, 5.41) is 8.18. The summed E-state index contributed by atoms with van der Waals surface area (Å²) in [4.78, 5) is 0. The molecule has 0 spiro atoms. The van der Waals surface area contributed by atoms with Gasteiger partial charge in [0.1, 0.15) is 10.8 Å². The molecule has 0 amide bonds. The fraction of sp³-hybridized carbons (Fsp3) is 0. The zero-order valence-corrected chi connectivity index (χ0v) is 7.94. The van der Waals surface area contributed by atoms with Crippen molar-refractivity contribution in [1.82, 2.24) is 10.2 Å². The maximum absolute atomic E-state index is 12.5. The molecule has 2 rings (SSSR count). The summed E-state index contributed by atoms with van der Waals surface area (Å²) in [5.74, 6) is -0.264. The van der Waals surface area contributed by atoms with Crippen molar-refractivity contribution in [2.45, 2.75) is 0 Å². The second kappa shape index (κ2) is 3.40. The highest BCUT2D eigenvalue weighted by atomic mass is 35.5. The third kappa shape index (κ3) is 1.84. The lowest BCUT2D eigenvalue weighted by Crippen LogP contribution is -1.77. The Hall–Kier alpha value is -1.00. The molecule has 1 aromatic carbocycles. The number of aromatic nitrogens is 2. The first-order chi connectivity index (χ1) is 6.25. The van der Waals surface area contributed by atoms with Gasteiger partial charge in [-0.05, 0) is 35.9 Å². The number of rotatable bonds is 1. The molecule has 5 heteroatoms. The molecule has 1 aromatic heterocycles. The molecule has 66 valence electrons. The third-order valence-corrected chi connectivity index (χ3v) is 2.56. The molecule has 0 N–H and O–H groups in total. The van der Waals surface area contributed by atoms with Gasteiger partial charge in [-0.15, -0.1) is 10.2 Å². The Morgan fingerprint density at radius 2 is 1.85 bits per heavy atom. The van der Waals surface area contributed by atoms with Gasteiger partial charge in [0, 0.05) is 5.56 Å². The quantitative estimate of drug-likeness (QED) is 0.729. The molecule has 0 saturated carbocycles. The average Bonchev–Trinajstić information content (AvgIpc) is 2.53. The van der Waals surface area contributed by atoms with Gasteiger partial charge in [-0.25, -0.2) is 4.39 Å². The van der Waals surface area contributed by atoms with E-state index in [-0.39, 0.29) is 5.82 Å². The summed E-state index contributed by atoms with van der Waals surface area (Å²) >= 11 is 6.88. The topological polar surface area (TPSA) is 25.8 Å². The van der Waals surface area contributed by atoms with Crippen LogP contribution in [0, 0.1) is 5.82 Å². The number of benzene rings is 1. The smallest absolute Gasteiger partial charge is 0.207 e. The Kier molecular flexibility index (Phi) is 2.24. The second-order valence-electron chi connectivity index (χ2n) is 2.37. The molecule has 0 aliphatic carbocycles. The summed E-state index contributed by atoms with van der Waals surface area (Å²) in [7, 11) is 0. The predicted octanol–water partition coefficient (Wildman–Crippen LogP) is 3.00. The van der Waals surface area contributed by atoms with Gasteiger partial charge in [0.25, 0.3) is 0 Å². The van der Waals surface area contributed by atoms with Crippen LogP contribution in [-0.2, 0) is 0 Å². The first-order valence-electron chi connectivity index (χ1n) is 3.50. The number of halogens is 2. The lowest BCUT2D eigenvalue weighted by molar-refractivity contribution is 0.628. The Labute approximate surface area is 83.0 Å². The number of hydrogen-bond donors (Lipinski definition) is 0. The van der Waals surface area contributed by atoms with Crippen LogP contribution in [0.25, 0.3) is 10.6 Å². The highest BCUT2D eigenvalue weighted by molar-refractivity contribution is 7.18. The van der Waals surface area contributed by atoms with Crippen LogP contribution < -0.4 is 0 Å². The first-order valence-corrected chi connectivity index (χ1v) is 4.70. The zero-order chi connectivity index (χ0) is 9.26. The van der Waals surface area contributed by atoms with Gasteiger partial charge in [0.2, 0.25) is 4.47 Å². The van der Waals surface area contributed by atoms with Crippen LogP contribution in [-0.4, -0.2) is 10.2 Å². The molecule has 0 aliphatic rings. The van der Waals surface area contributed by atoms with Gasteiger partial charge in [0.15, 0.2) is 0 Å². The predicted molar refractivity (Wildman–Crippen MR) is 50.3 cm³/mol. The van der Waals surface area contributed by atoms with Crippen LogP contribution in [0.3, 0.4) is 0 Å². The molecular weight excluding hydrogens is 211 g/mol. The van der Waals surface area contributed by atoms with Gasteiger partial charge in [0.05, 0.1) is 0 Å². The van der Waals surface area contributed by atoms with Crippen LogP contribution in [0.5, 0.6) is 0 Å². The average molecular weight is 215 g/mol. The van der Waals surface area contributed by atoms with Gasteiger partial charge >= 0.3 is 0 Å². The molecular formula is C8H4ClFN2S. The van der Waals surface area contributed by atoms with Crippen molar-refractivity contribution in [2.24, 2.45) is 0 Å². The van der Waals surface area contributed by atoms with E-state index in [0.29, 0.717) is 9.47 Å². The highest BCUT2D eigenvalue weighted by Crippen LogP contribution is 2.25. The van der Waals surface area contributed by atoms with Gasteiger partial charge in [-0.2, -0.15) is 0 Å². The van der Waals surface area contributed by atoms with Gasteiger partial charge < -0.3 is 0 Å². The van der Waals surface area contributed by atoms with E-state index in [9.17, 15) is 4.39 Å². The van der Waals surface area contributed by atoms with E-state index in [2.05, 4.69) is 10.2 Å². The lowest BCUT2D eigenvalue weighted by Gasteiger charge is -1.92. The molecule has 0 aliphatic heterocycles. The van der Waals surface area contributed by atoms with E-state index in [1.165, 1.54) is 23.5 Å². The Morgan fingerprint density at radius 3 is 2.38 bits per heavy atom. The molecule has 0 unspecified atom stereocenters. The summed E-state index contributed by atoms with van der Waals surface area (Å²) in [6.07, 6.45) is 0. The molecule has 1 heterocycles. The van der Waals surface area contributed by atoms with Crippen molar-refractivity contribution >= 4 is 22.9 Å². The Balaban J connectivity index is 2.41. The summed E-state index contributed by atoms with van der Waals surface area (Å²) < 4.78 is 12.9. The number of nitrogens with zero attached hydrogens (tertiary/aromatic N) is 2. The number of hydrogen-bond acceptors (Lipinski definition) is 3. The van der Waals surface area contributed by atoms with E-state index in [0.717, 1.165) is 5.56 Å². The van der Waals surface area contributed by atoms with Crippen molar-refractivity contribution in [2.75, 3.05) is 0 Å². The van der Waals surface area contributed by atoms with E-state index in [1.54, 1.807) is 12.1 Å². The van der Waals surface area contributed by atoms with E-state index < -0.39 is 0 Å². The maximum Gasteiger partial charge on any atom is 0.207 e. The van der Waals surface area contributed by atoms with Crippen LogP contribution in [0.15, 0.2) is 24.3 Å². The highest BCUT2D eigenvalue weighted by Gasteiger charge is 2.03. The third-order valence-electron chi connectivity index (χ3n) is 1.49. The first kappa shape index (κ1) is 8.59. The minimum absolute atomic E-state index is 0.264. The second-order valence-corrected chi connectivity index (χ2v) is 3.93. The van der Waals surface area contributed by atoms with E-state index in [1.807, 2.05) is 0 Å². The molecule has 2 nitrogen and oxygen atoms in total. The normalized spacial score (nSPS) is 10.3.